The van der Waals surface area contributed by atoms with Gasteiger partial charge >= 0.3 is 0 Å². The standard InChI is InChI=1S/C25H32N2O4S2/c1-19-5-4-8-22(15-19)26-11-13-27(14-12-26)24-17-32(28,29)18-25(24)33(30,31)23-10-9-20-6-2-3-7-21(20)16-23/h4-5,8-10,15-16,24-25H,2-3,6-7,11-14,17-18H2,1H3/t24-,25-/m0/s1. The van der Waals surface area contributed by atoms with Crippen molar-refractivity contribution >= 4 is 25.4 Å². The highest BCUT2D eigenvalue weighted by Gasteiger charge is 2.48. The molecule has 3 aliphatic rings. The Morgan fingerprint density at radius 1 is 0.879 bits per heavy atom. The number of aryl methyl sites for hydroxylation is 3. The molecular weight excluding hydrogens is 456 g/mol. The van der Waals surface area contributed by atoms with Gasteiger partial charge in [0.15, 0.2) is 19.7 Å². The molecule has 5 rings (SSSR count). The van der Waals surface area contributed by atoms with Gasteiger partial charge in [-0.2, -0.15) is 0 Å². The Balaban J connectivity index is 1.37. The second-order valence-corrected chi connectivity index (χ2v) is 14.0. The van der Waals surface area contributed by atoms with Gasteiger partial charge in [0.05, 0.1) is 21.7 Å². The zero-order valence-electron chi connectivity index (χ0n) is 19.1. The Morgan fingerprint density at radius 3 is 2.33 bits per heavy atom. The van der Waals surface area contributed by atoms with E-state index in [0.29, 0.717) is 13.1 Å². The molecule has 0 spiro atoms. The fourth-order valence-electron chi connectivity index (χ4n) is 5.63. The summed E-state index contributed by atoms with van der Waals surface area (Å²) in [5, 5.41) is -0.908. The van der Waals surface area contributed by atoms with Crippen LogP contribution >= 0.6 is 0 Å². The number of hydrogen-bond acceptors (Lipinski definition) is 6. The minimum Gasteiger partial charge on any atom is -0.369 e. The molecule has 178 valence electrons. The first-order valence-corrected chi connectivity index (χ1v) is 15.2. The van der Waals surface area contributed by atoms with Gasteiger partial charge in [-0.3, -0.25) is 4.90 Å². The van der Waals surface area contributed by atoms with Crippen LogP contribution in [-0.2, 0) is 32.5 Å². The van der Waals surface area contributed by atoms with Crippen molar-refractivity contribution in [3.63, 3.8) is 0 Å². The lowest BCUT2D eigenvalue weighted by Gasteiger charge is -2.40. The van der Waals surface area contributed by atoms with E-state index in [-0.39, 0.29) is 16.4 Å². The van der Waals surface area contributed by atoms with Crippen molar-refractivity contribution < 1.29 is 16.8 Å². The maximum absolute atomic E-state index is 13.7. The quantitative estimate of drug-likeness (QED) is 0.659. The first-order valence-electron chi connectivity index (χ1n) is 11.8. The molecular formula is C25H32N2O4S2. The van der Waals surface area contributed by atoms with Crippen molar-refractivity contribution in [1.29, 1.82) is 0 Å². The molecule has 6 nitrogen and oxygen atoms in total. The summed E-state index contributed by atoms with van der Waals surface area (Å²) in [7, 11) is -7.16. The number of piperazine rings is 1. The zero-order valence-corrected chi connectivity index (χ0v) is 20.7. The van der Waals surface area contributed by atoms with Gasteiger partial charge in [-0.15, -0.1) is 0 Å². The topological polar surface area (TPSA) is 74.8 Å². The van der Waals surface area contributed by atoms with Crippen LogP contribution in [0.2, 0.25) is 0 Å². The van der Waals surface area contributed by atoms with Crippen LogP contribution in [0.1, 0.15) is 29.5 Å². The summed E-state index contributed by atoms with van der Waals surface area (Å²) in [6.45, 7) is 4.89. The molecule has 2 heterocycles. The maximum atomic E-state index is 13.7. The molecule has 33 heavy (non-hydrogen) atoms. The summed E-state index contributed by atoms with van der Waals surface area (Å²) in [5.74, 6) is -0.360. The van der Waals surface area contributed by atoms with E-state index < -0.39 is 31.0 Å². The van der Waals surface area contributed by atoms with Crippen molar-refractivity contribution in [2.75, 3.05) is 42.6 Å². The number of sulfone groups is 2. The van der Waals surface area contributed by atoms with Crippen molar-refractivity contribution in [3.8, 4) is 0 Å². The third kappa shape index (κ3) is 4.57. The van der Waals surface area contributed by atoms with E-state index in [1.807, 2.05) is 18.2 Å². The molecule has 2 saturated heterocycles. The third-order valence-electron chi connectivity index (χ3n) is 7.47. The second kappa shape index (κ2) is 8.71. The maximum Gasteiger partial charge on any atom is 0.183 e. The highest BCUT2D eigenvalue weighted by atomic mass is 32.2. The predicted octanol–water partition coefficient (Wildman–Crippen LogP) is 2.64. The number of benzene rings is 2. The molecule has 0 radical (unpaired) electrons. The normalized spacial score (nSPS) is 25.7. The van der Waals surface area contributed by atoms with Crippen LogP contribution in [0.25, 0.3) is 0 Å². The molecule has 0 N–H and O–H groups in total. The van der Waals surface area contributed by atoms with Crippen molar-refractivity contribution in [3.05, 3.63) is 59.2 Å². The SMILES string of the molecule is Cc1cccc(N2CCN([C@H]3CS(=O)(=O)C[C@@H]3S(=O)(=O)c3ccc4c(c3)CCCC4)CC2)c1. The number of hydrogen-bond donors (Lipinski definition) is 0. The number of fused-ring (bicyclic) bond motifs is 1. The molecule has 1 aliphatic carbocycles. The fraction of sp³-hybridized carbons (Fsp3) is 0.520. The summed E-state index contributed by atoms with van der Waals surface area (Å²) in [4.78, 5) is 4.67. The first kappa shape index (κ1) is 22.9. The molecule has 0 saturated carbocycles. The van der Waals surface area contributed by atoms with Gasteiger partial charge in [0.25, 0.3) is 0 Å². The van der Waals surface area contributed by atoms with Gasteiger partial charge in [-0.25, -0.2) is 16.8 Å². The van der Waals surface area contributed by atoms with Gasteiger partial charge in [0, 0.05) is 37.9 Å². The smallest absolute Gasteiger partial charge is 0.183 e. The summed E-state index contributed by atoms with van der Waals surface area (Å²) >= 11 is 0. The summed E-state index contributed by atoms with van der Waals surface area (Å²) < 4.78 is 52.6. The lowest BCUT2D eigenvalue weighted by Crippen LogP contribution is -2.55. The molecule has 2 atom stereocenters. The van der Waals surface area contributed by atoms with E-state index in [4.69, 9.17) is 0 Å². The van der Waals surface area contributed by atoms with Crippen molar-refractivity contribution in [2.24, 2.45) is 0 Å². The van der Waals surface area contributed by atoms with Gasteiger partial charge in [0.2, 0.25) is 0 Å². The largest absolute Gasteiger partial charge is 0.369 e. The van der Waals surface area contributed by atoms with Crippen LogP contribution in [0.4, 0.5) is 5.69 Å². The van der Waals surface area contributed by atoms with Crippen LogP contribution in [-0.4, -0.2) is 70.7 Å². The Kier molecular flexibility index (Phi) is 6.04. The van der Waals surface area contributed by atoms with Crippen LogP contribution in [0, 0.1) is 6.92 Å². The minimum absolute atomic E-state index is 0.0771. The highest BCUT2D eigenvalue weighted by molar-refractivity contribution is 7.96. The second-order valence-electron chi connectivity index (χ2n) is 9.73. The van der Waals surface area contributed by atoms with Crippen LogP contribution < -0.4 is 4.90 Å². The van der Waals surface area contributed by atoms with E-state index in [2.05, 4.69) is 34.9 Å². The lowest BCUT2D eigenvalue weighted by atomic mass is 9.92. The zero-order chi connectivity index (χ0) is 23.2. The Morgan fingerprint density at radius 2 is 1.61 bits per heavy atom. The van der Waals surface area contributed by atoms with E-state index in [1.165, 1.54) is 11.1 Å². The average Bonchev–Trinajstić information content (AvgIpc) is 3.15. The van der Waals surface area contributed by atoms with Crippen LogP contribution in [0.5, 0.6) is 0 Å². The highest BCUT2D eigenvalue weighted by Crippen LogP contribution is 2.32. The average molecular weight is 489 g/mol. The van der Waals surface area contributed by atoms with Crippen molar-refractivity contribution in [2.45, 2.75) is 48.8 Å². The van der Waals surface area contributed by atoms with E-state index >= 15 is 0 Å². The summed E-state index contributed by atoms with van der Waals surface area (Å²) in [6.07, 6.45) is 4.09. The van der Waals surface area contributed by atoms with Gasteiger partial charge in [-0.05, 0) is 73.6 Å². The molecule has 0 amide bonds. The van der Waals surface area contributed by atoms with E-state index in [9.17, 15) is 16.8 Å². The number of rotatable bonds is 4. The molecule has 0 bridgehead atoms. The molecule has 2 aromatic rings. The van der Waals surface area contributed by atoms with Gasteiger partial charge in [0.1, 0.15) is 0 Å². The molecule has 0 unspecified atom stereocenters. The number of nitrogens with zero attached hydrogens (tertiary/aromatic N) is 2. The Labute approximate surface area is 197 Å². The fourth-order valence-corrected chi connectivity index (χ4v) is 10.5. The molecule has 0 aromatic heterocycles. The number of anilines is 1. The lowest BCUT2D eigenvalue weighted by molar-refractivity contribution is 0.201. The van der Waals surface area contributed by atoms with E-state index in [1.54, 1.807) is 6.07 Å². The van der Waals surface area contributed by atoms with Crippen molar-refractivity contribution in [1.82, 2.24) is 4.90 Å². The van der Waals surface area contributed by atoms with E-state index in [0.717, 1.165) is 50.0 Å². The van der Waals surface area contributed by atoms with Crippen LogP contribution in [0.15, 0.2) is 47.4 Å². The molecule has 2 fully saturated rings. The Hall–Kier alpha value is -1.90. The van der Waals surface area contributed by atoms with Gasteiger partial charge in [-0.1, -0.05) is 18.2 Å². The Bertz CT molecular complexity index is 1250. The monoisotopic (exact) mass is 488 g/mol. The molecule has 2 aromatic carbocycles. The molecule has 8 heteroatoms. The third-order valence-corrected chi connectivity index (χ3v) is 11.6. The van der Waals surface area contributed by atoms with Gasteiger partial charge < -0.3 is 4.90 Å². The first-order chi connectivity index (χ1) is 15.7. The summed E-state index contributed by atoms with van der Waals surface area (Å²) in [5.41, 5.74) is 4.69. The predicted molar refractivity (Wildman–Crippen MR) is 131 cm³/mol. The summed E-state index contributed by atoms with van der Waals surface area (Å²) in [6, 6.07) is 13.3. The minimum atomic E-state index is -3.75. The molecule has 2 aliphatic heterocycles. The van der Waals surface area contributed by atoms with Crippen LogP contribution in [0.3, 0.4) is 0 Å².